The Bertz CT molecular complexity index is 1680. The third-order valence-corrected chi connectivity index (χ3v) is 7.33. The number of hydrogen-bond donors (Lipinski definition) is 2. The summed E-state index contributed by atoms with van der Waals surface area (Å²) < 4.78 is 3.11. The van der Waals surface area contributed by atoms with Crippen molar-refractivity contribution in [2.75, 3.05) is 23.3 Å². The van der Waals surface area contributed by atoms with Gasteiger partial charge < -0.3 is 10.2 Å². The molecule has 6 rings (SSSR count). The van der Waals surface area contributed by atoms with Crippen molar-refractivity contribution in [2.24, 2.45) is 11.8 Å². The normalized spacial score (nSPS) is 21.7. The van der Waals surface area contributed by atoms with E-state index >= 15 is 0 Å². The number of rotatable bonds is 4. The first-order valence-electron chi connectivity index (χ1n) is 12.4. The summed E-state index contributed by atoms with van der Waals surface area (Å²) in [5.41, 5.74) is 1.00. The lowest BCUT2D eigenvalue weighted by Crippen LogP contribution is -2.45. The van der Waals surface area contributed by atoms with Gasteiger partial charge in [-0.05, 0) is 31.4 Å². The highest BCUT2D eigenvalue weighted by atomic mass is 16.2. The van der Waals surface area contributed by atoms with Crippen LogP contribution in [0.5, 0.6) is 0 Å². The molecule has 1 aromatic carbocycles. The van der Waals surface area contributed by atoms with Gasteiger partial charge in [-0.25, -0.2) is 9.97 Å². The number of aryl methyl sites for hydroxylation is 1. The molecule has 194 valence electrons. The van der Waals surface area contributed by atoms with Crippen molar-refractivity contribution in [3.8, 4) is 0 Å². The van der Waals surface area contributed by atoms with Crippen LogP contribution < -0.4 is 21.1 Å². The molecule has 0 radical (unpaired) electrons. The molecule has 0 spiro atoms. The minimum Gasteiger partial charge on any atom is -0.352 e. The standard InChI is InChI=1S/C25H25N9O4/c1-13-10-33(21-22-31-27-12-32(22)9-8-26-21)11-16(13)23(36)29-17-5-3-4-15-20(17)28-14(2)34(25(15)38)18-6-7-19(35)30-24(18)37/h3-5,8-9,12-13,16,18H,6-7,10-11H2,1-2H3,(H,29,36)(H,30,35,37)/t13-,16-,18?/m1/s1. The number of para-hydroxylation sites is 1. The highest BCUT2D eigenvalue weighted by molar-refractivity contribution is 6.02. The fourth-order valence-electron chi connectivity index (χ4n) is 5.40. The van der Waals surface area contributed by atoms with Crippen molar-refractivity contribution >= 4 is 45.8 Å². The lowest BCUT2D eigenvalue weighted by Gasteiger charge is -2.24. The quantitative estimate of drug-likeness (QED) is 0.376. The average molecular weight is 516 g/mol. The van der Waals surface area contributed by atoms with Crippen LogP contribution in [0.1, 0.15) is 31.6 Å². The van der Waals surface area contributed by atoms with Gasteiger partial charge in [0.15, 0.2) is 5.82 Å². The molecule has 2 fully saturated rings. The van der Waals surface area contributed by atoms with E-state index in [1.54, 1.807) is 48.2 Å². The molecule has 0 aliphatic carbocycles. The SMILES string of the molecule is Cc1nc2c(NC(=O)[C@@H]3CN(c4nccn5cnnc45)C[C@H]3C)cccc2c(=O)n1C1CCC(=O)NC1=O. The topological polar surface area (TPSA) is 156 Å². The third kappa shape index (κ3) is 3.86. The lowest BCUT2D eigenvalue weighted by atomic mass is 9.97. The predicted molar refractivity (Wildman–Crippen MR) is 136 cm³/mol. The first-order chi connectivity index (χ1) is 18.3. The smallest absolute Gasteiger partial charge is 0.262 e. The second-order valence-corrected chi connectivity index (χ2v) is 9.79. The maximum absolute atomic E-state index is 13.4. The van der Waals surface area contributed by atoms with Gasteiger partial charge in [-0.1, -0.05) is 13.0 Å². The molecule has 3 amide bonds. The van der Waals surface area contributed by atoms with Gasteiger partial charge >= 0.3 is 0 Å². The Morgan fingerprint density at radius 1 is 1.18 bits per heavy atom. The molecule has 3 atom stereocenters. The molecule has 2 aliphatic rings. The number of piperidine rings is 1. The number of fused-ring (bicyclic) bond motifs is 2. The molecule has 3 aromatic heterocycles. The summed E-state index contributed by atoms with van der Waals surface area (Å²) in [6, 6.07) is 4.18. The van der Waals surface area contributed by atoms with E-state index in [2.05, 4.69) is 30.8 Å². The number of carbonyl (C=O) groups is 3. The molecule has 38 heavy (non-hydrogen) atoms. The Morgan fingerprint density at radius 3 is 2.84 bits per heavy atom. The van der Waals surface area contributed by atoms with E-state index in [4.69, 9.17) is 0 Å². The van der Waals surface area contributed by atoms with Crippen LogP contribution in [0.3, 0.4) is 0 Å². The van der Waals surface area contributed by atoms with Gasteiger partial charge in [-0.15, -0.1) is 10.2 Å². The Balaban J connectivity index is 1.28. The molecule has 0 saturated carbocycles. The van der Waals surface area contributed by atoms with Gasteiger partial charge in [-0.2, -0.15) is 0 Å². The number of nitrogens with zero attached hydrogens (tertiary/aromatic N) is 7. The van der Waals surface area contributed by atoms with Crippen LogP contribution in [-0.2, 0) is 14.4 Å². The molecule has 13 nitrogen and oxygen atoms in total. The minimum atomic E-state index is -0.816. The zero-order valence-electron chi connectivity index (χ0n) is 20.8. The van der Waals surface area contributed by atoms with Crippen LogP contribution in [0.2, 0.25) is 0 Å². The predicted octanol–water partition coefficient (Wildman–Crippen LogP) is 0.831. The molecule has 2 aliphatic heterocycles. The summed E-state index contributed by atoms with van der Waals surface area (Å²) in [4.78, 5) is 62.0. The van der Waals surface area contributed by atoms with Crippen molar-refractivity contribution in [3.63, 3.8) is 0 Å². The van der Waals surface area contributed by atoms with E-state index in [1.165, 1.54) is 4.57 Å². The average Bonchev–Trinajstić information content (AvgIpc) is 3.52. The van der Waals surface area contributed by atoms with Gasteiger partial charge in [0.2, 0.25) is 23.4 Å². The van der Waals surface area contributed by atoms with Crippen molar-refractivity contribution in [1.82, 2.24) is 34.4 Å². The number of anilines is 2. The monoisotopic (exact) mass is 515 g/mol. The number of nitrogens with one attached hydrogen (secondary N) is 2. The third-order valence-electron chi connectivity index (χ3n) is 7.33. The summed E-state index contributed by atoms with van der Waals surface area (Å²) in [6.45, 7) is 4.73. The number of carbonyl (C=O) groups excluding carboxylic acids is 3. The van der Waals surface area contributed by atoms with Crippen molar-refractivity contribution in [3.05, 3.63) is 53.1 Å². The lowest BCUT2D eigenvalue weighted by molar-refractivity contribution is -0.135. The van der Waals surface area contributed by atoms with Gasteiger partial charge in [0.25, 0.3) is 5.56 Å². The van der Waals surface area contributed by atoms with Crippen LogP contribution in [-0.4, -0.2) is 59.9 Å². The second kappa shape index (κ2) is 9.01. The Kier molecular flexibility index (Phi) is 5.62. The Hall–Kier alpha value is -4.68. The van der Waals surface area contributed by atoms with Crippen LogP contribution in [0.25, 0.3) is 16.6 Å². The summed E-state index contributed by atoms with van der Waals surface area (Å²) >= 11 is 0. The number of hydrogen-bond acceptors (Lipinski definition) is 9. The molecule has 2 saturated heterocycles. The van der Waals surface area contributed by atoms with Crippen molar-refractivity contribution < 1.29 is 14.4 Å². The van der Waals surface area contributed by atoms with E-state index in [-0.39, 0.29) is 41.9 Å². The zero-order chi connectivity index (χ0) is 26.6. The Labute approximate surface area is 215 Å². The van der Waals surface area contributed by atoms with Crippen molar-refractivity contribution in [1.29, 1.82) is 0 Å². The van der Waals surface area contributed by atoms with Crippen LogP contribution in [0, 0.1) is 18.8 Å². The molecular formula is C25H25N9O4. The fourth-order valence-corrected chi connectivity index (χ4v) is 5.40. The Morgan fingerprint density at radius 2 is 2.03 bits per heavy atom. The maximum Gasteiger partial charge on any atom is 0.262 e. The highest BCUT2D eigenvalue weighted by Gasteiger charge is 2.37. The summed E-state index contributed by atoms with van der Waals surface area (Å²) in [7, 11) is 0. The zero-order valence-corrected chi connectivity index (χ0v) is 20.8. The van der Waals surface area contributed by atoms with Gasteiger partial charge in [0.1, 0.15) is 23.7 Å². The molecule has 2 N–H and O–H groups in total. The number of aromatic nitrogens is 6. The summed E-state index contributed by atoms with van der Waals surface area (Å²) in [5, 5.41) is 13.6. The van der Waals surface area contributed by atoms with Crippen molar-refractivity contribution in [2.45, 2.75) is 32.7 Å². The van der Waals surface area contributed by atoms with E-state index in [0.29, 0.717) is 41.6 Å². The van der Waals surface area contributed by atoms with Gasteiger partial charge in [0, 0.05) is 31.9 Å². The second-order valence-electron chi connectivity index (χ2n) is 9.79. The van der Waals surface area contributed by atoms with E-state index < -0.39 is 17.5 Å². The first kappa shape index (κ1) is 23.7. The maximum atomic E-state index is 13.4. The molecular weight excluding hydrogens is 490 g/mol. The van der Waals surface area contributed by atoms with E-state index in [1.807, 2.05) is 11.8 Å². The largest absolute Gasteiger partial charge is 0.352 e. The van der Waals surface area contributed by atoms with Gasteiger partial charge in [-0.3, -0.25) is 33.5 Å². The first-order valence-corrected chi connectivity index (χ1v) is 12.4. The number of imide groups is 1. The van der Waals surface area contributed by atoms with Crippen LogP contribution >= 0.6 is 0 Å². The summed E-state index contributed by atoms with van der Waals surface area (Å²) in [5.74, 6) is -0.364. The fraction of sp³-hybridized carbons (Fsp3) is 0.360. The number of amides is 3. The summed E-state index contributed by atoms with van der Waals surface area (Å²) in [6.07, 6.45) is 5.42. The van der Waals surface area contributed by atoms with E-state index in [0.717, 1.165) is 0 Å². The highest BCUT2D eigenvalue weighted by Crippen LogP contribution is 2.30. The molecule has 5 heterocycles. The van der Waals surface area contributed by atoms with Crippen LogP contribution in [0.15, 0.2) is 41.7 Å². The minimum absolute atomic E-state index is 0.0365. The molecule has 0 bridgehead atoms. The molecule has 13 heteroatoms. The number of benzene rings is 1. The van der Waals surface area contributed by atoms with Gasteiger partial charge in [0.05, 0.1) is 17.0 Å². The molecule has 4 aromatic rings. The van der Waals surface area contributed by atoms with Crippen LogP contribution in [0.4, 0.5) is 11.5 Å². The molecule has 1 unspecified atom stereocenters. The van der Waals surface area contributed by atoms with E-state index in [9.17, 15) is 19.2 Å².